The van der Waals surface area contributed by atoms with Gasteiger partial charge in [0.05, 0.1) is 11.1 Å². The number of hydrogen-bond donors (Lipinski definition) is 2. The first-order valence-corrected chi connectivity index (χ1v) is 7.81. The SMILES string of the molecule is O=C(NC1CONC1=O)c1cnc2cc(C3CC3)c(Cl)cc2c1. The summed E-state index contributed by atoms with van der Waals surface area (Å²) < 4.78 is 0. The minimum absolute atomic E-state index is 0.113. The summed E-state index contributed by atoms with van der Waals surface area (Å²) in [6.45, 7) is 0.113. The molecule has 1 saturated heterocycles. The van der Waals surface area contributed by atoms with E-state index in [1.807, 2.05) is 12.1 Å². The molecule has 0 spiro atoms. The standard InChI is InChI=1S/C16H14ClN3O3/c17-12-4-9-3-10(15(21)19-14-7-23-20-16(14)22)6-18-13(9)5-11(12)8-1-2-8/h3-6,8,14H,1-2,7H2,(H,19,21)(H,20,22). The van der Waals surface area contributed by atoms with Gasteiger partial charge in [-0.2, -0.15) is 0 Å². The fraction of sp³-hybridized carbons (Fsp3) is 0.312. The molecule has 0 bridgehead atoms. The van der Waals surface area contributed by atoms with Gasteiger partial charge in [0.2, 0.25) is 0 Å². The highest BCUT2D eigenvalue weighted by atomic mass is 35.5. The molecule has 1 atom stereocenters. The zero-order valence-electron chi connectivity index (χ0n) is 12.1. The fourth-order valence-corrected chi connectivity index (χ4v) is 3.01. The Labute approximate surface area is 137 Å². The van der Waals surface area contributed by atoms with Crippen LogP contribution in [0.2, 0.25) is 5.02 Å². The molecule has 118 valence electrons. The minimum atomic E-state index is -0.681. The normalized spacial score (nSPS) is 20.6. The summed E-state index contributed by atoms with van der Waals surface area (Å²) in [5, 5.41) is 4.13. The molecule has 6 nitrogen and oxygen atoms in total. The Morgan fingerprint density at radius 3 is 2.87 bits per heavy atom. The van der Waals surface area contributed by atoms with E-state index in [0.717, 1.165) is 29.3 Å². The van der Waals surface area contributed by atoms with E-state index in [0.29, 0.717) is 16.5 Å². The number of fused-ring (bicyclic) bond motifs is 1. The second-order valence-corrected chi connectivity index (χ2v) is 6.28. The van der Waals surface area contributed by atoms with Crippen molar-refractivity contribution >= 4 is 34.3 Å². The summed E-state index contributed by atoms with van der Waals surface area (Å²) in [5.74, 6) is -0.186. The maximum atomic E-state index is 12.2. The average Bonchev–Trinajstić information content (AvgIpc) is 3.30. The number of carbonyl (C=O) groups is 2. The van der Waals surface area contributed by atoms with Gasteiger partial charge in [0.25, 0.3) is 11.8 Å². The third-order valence-electron chi connectivity index (χ3n) is 4.12. The lowest BCUT2D eigenvalue weighted by molar-refractivity contribution is -0.125. The number of rotatable bonds is 3. The topological polar surface area (TPSA) is 80.3 Å². The highest BCUT2D eigenvalue weighted by Crippen LogP contribution is 2.44. The number of hydrogen-bond acceptors (Lipinski definition) is 4. The van der Waals surface area contributed by atoms with Crippen molar-refractivity contribution in [2.45, 2.75) is 24.8 Å². The van der Waals surface area contributed by atoms with Gasteiger partial charge < -0.3 is 5.32 Å². The van der Waals surface area contributed by atoms with Crippen LogP contribution in [0, 0.1) is 0 Å². The molecular weight excluding hydrogens is 318 g/mol. The van der Waals surface area contributed by atoms with Crippen LogP contribution in [0.5, 0.6) is 0 Å². The number of nitrogens with one attached hydrogen (secondary N) is 2. The Hall–Kier alpha value is -2.18. The summed E-state index contributed by atoms with van der Waals surface area (Å²) >= 11 is 6.33. The molecule has 2 aliphatic rings. The van der Waals surface area contributed by atoms with E-state index in [4.69, 9.17) is 16.4 Å². The Balaban J connectivity index is 1.61. The largest absolute Gasteiger partial charge is 0.338 e. The van der Waals surface area contributed by atoms with Crippen molar-refractivity contribution in [3.63, 3.8) is 0 Å². The molecule has 2 aromatic rings. The molecule has 0 radical (unpaired) electrons. The van der Waals surface area contributed by atoms with E-state index in [1.54, 1.807) is 6.07 Å². The van der Waals surface area contributed by atoms with Crippen molar-refractivity contribution in [1.82, 2.24) is 15.8 Å². The summed E-state index contributed by atoms with van der Waals surface area (Å²) in [6.07, 6.45) is 3.84. The number of nitrogens with zero attached hydrogens (tertiary/aromatic N) is 1. The van der Waals surface area contributed by atoms with E-state index in [-0.39, 0.29) is 18.4 Å². The molecule has 1 unspecified atom stereocenters. The molecule has 7 heteroatoms. The van der Waals surface area contributed by atoms with Gasteiger partial charge in [-0.05, 0) is 42.5 Å². The lowest BCUT2D eigenvalue weighted by Crippen LogP contribution is -2.41. The monoisotopic (exact) mass is 331 g/mol. The Morgan fingerprint density at radius 2 is 2.17 bits per heavy atom. The van der Waals surface area contributed by atoms with Crippen LogP contribution in [0.15, 0.2) is 24.4 Å². The number of benzene rings is 1. The van der Waals surface area contributed by atoms with Crippen LogP contribution in [-0.4, -0.2) is 29.4 Å². The zero-order chi connectivity index (χ0) is 16.0. The zero-order valence-corrected chi connectivity index (χ0v) is 12.9. The van der Waals surface area contributed by atoms with Crippen LogP contribution in [0.25, 0.3) is 10.9 Å². The van der Waals surface area contributed by atoms with Gasteiger partial charge in [0.1, 0.15) is 12.6 Å². The van der Waals surface area contributed by atoms with Crippen molar-refractivity contribution < 1.29 is 14.4 Å². The second kappa shape index (κ2) is 5.47. The molecule has 1 aliphatic carbocycles. The first kappa shape index (κ1) is 14.4. The molecule has 2 N–H and O–H groups in total. The Bertz CT molecular complexity index is 820. The van der Waals surface area contributed by atoms with Gasteiger partial charge in [0.15, 0.2) is 0 Å². The van der Waals surface area contributed by atoms with Crippen molar-refractivity contribution in [3.05, 3.63) is 40.5 Å². The lowest BCUT2D eigenvalue weighted by atomic mass is 10.1. The van der Waals surface area contributed by atoms with E-state index in [9.17, 15) is 9.59 Å². The smallest absolute Gasteiger partial charge is 0.268 e. The third-order valence-corrected chi connectivity index (χ3v) is 4.45. The molecule has 4 rings (SSSR count). The van der Waals surface area contributed by atoms with Gasteiger partial charge in [-0.1, -0.05) is 11.6 Å². The quantitative estimate of drug-likeness (QED) is 0.900. The molecule has 2 amide bonds. The summed E-state index contributed by atoms with van der Waals surface area (Å²) in [7, 11) is 0. The summed E-state index contributed by atoms with van der Waals surface area (Å²) in [4.78, 5) is 32.8. The van der Waals surface area contributed by atoms with Gasteiger partial charge >= 0.3 is 0 Å². The van der Waals surface area contributed by atoms with Crippen molar-refractivity contribution in [1.29, 1.82) is 0 Å². The fourth-order valence-electron chi connectivity index (χ4n) is 2.69. The first-order chi connectivity index (χ1) is 11.1. The molecule has 1 saturated carbocycles. The number of halogens is 1. The summed E-state index contributed by atoms with van der Waals surface area (Å²) in [6, 6.07) is 4.89. The van der Waals surface area contributed by atoms with Crippen LogP contribution in [-0.2, 0) is 9.63 Å². The number of pyridine rings is 1. The van der Waals surface area contributed by atoms with Crippen molar-refractivity contribution in [2.24, 2.45) is 0 Å². The maximum absolute atomic E-state index is 12.2. The van der Waals surface area contributed by atoms with E-state index < -0.39 is 6.04 Å². The third kappa shape index (κ3) is 2.75. The van der Waals surface area contributed by atoms with Crippen LogP contribution in [0.1, 0.15) is 34.7 Å². The molecule has 2 heterocycles. The van der Waals surface area contributed by atoms with Crippen LogP contribution >= 0.6 is 11.6 Å². The molecule has 1 aromatic heterocycles. The van der Waals surface area contributed by atoms with Crippen molar-refractivity contribution in [3.8, 4) is 0 Å². The first-order valence-electron chi connectivity index (χ1n) is 7.43. The second-order valence-electron chi connectivity index (χ2n) is 5.87. The van der Waals surface area contributed by atoms with Gasteiger partial charge in [-0.25, -0.2) is 5.48 Å². The van der Waals surface area contributed by atoms with Crippen molar-refractivity contribution in [2.75, 3.05) is 6.61 Å². The number of aromatic nitrogens is 1. The van der Waals surface area contributed by atoms with E-state index >= 15 is 0 Å². The lowest BCUT2D eigenvalue weighted by Gasteiger charge is -2.10. The molecule has 1 aromatic carbocycles. The molecule has 1 aliphatic heterocycles. The van der Waals surface area contributed by atoms with E-state index in [1.165, 1.54) is 6.20 Å². The van der Waals surface area contributed by atoms with Gasteiger partial charge in [-0.15, -0.1) is 0 Å². The van der Waals surface area contributed by atoms with Crippen LogP contribution < -0.4 is 10.8 Å². The molecule has 2 fully saturated rings. The van der Waals surface area contributed by atoms with Crippen LogP contribution in [0.4, 0.5) is 0 Å². The van der Waals surface area contributed by atoms with Gasteiger partial charge in [0, 0.05) is 16.6 Å². The van der Waals surface area contributed by atoms with Gasteiger partial charge in [-0.3, -0.25) is 19.4 Å². The predicted octanol–water partition coefficient (Wildman–Crippen LogP) is 1.93. The number of hydroxylamine groups is 1. The summed E-state index contributed by atoms with van der Waals surface area (Å²) in [5.41, 5.74) is 4.52. The number of carbonyl (C=O) groups excluding carboxylic acids is 2. The average molecular weight is 332 g/mol. The Kier molecular flexibility index (Phi) is 3.43. The molecule has 23 heavy (non-hydrogen) atoms. The predicted molar refractivity (Wildman–Crippen MR) is 84.1 cm³/mol. The minimum Gasteiger partial charge on any atom is -0.338 e. The highest BCUT2D eigenvalue weighted by molar-refractivity contribution is 6.32. The number of amides is 2. The van der Waals surface area contributed by atoms with E-state index in [2.05, 4.69) is 15.8 Å². The molecular formula is C16H14ClN3O3. The van der Waals surface area contributed by atoms with Crippen LogP contribution in [0.3, 0.4) is 0 Å². The highest BCUT2D eigenvalue weighted by Gasteiger charge is 2.28. The maximum Gasteiger partial charge on any atom is 0.268 e. The Morgan fingerprint density at radius 1 is 1.35 bits per heavy atom.